The van der Waals surface area contributed by atoms with E-state index in [1.54, 1.807) is 6.07 Å². The second-order valence-electron chi connectivity index (χ2n) is 3.96. The molecule has 0 aromatic heterocycles. The Morgan fingerprint density at radius 3 is 2.74 bits per heavy atom. The largest absolute Gasteiger partial charge is 0.487 e. The standard InChI is InChI=1S/C14H12BrClFNO/c15-12-3-1-2-9(7-18)14(12)19-8-10-6-11(16)4-5-13(10)17/h1-6H,7-8,18H2. The van der Waals surface area contributed by atoms with Crippen molar-refractivity contribution in [3.63, 3.8) is 0 Å². The molecule has 0 aliphatic heterocycles. The van der Waals surface area contributed by atoms with Gasteiger partial charge in [0.15, 0.2) is 0 Å². The molecular formula is C14H12BrClFNO. The van der Waals surface area contributed by atoms with Crippen LogP contribution >= 0.6 is 27.5 Å². The summed E-state index contributed by atoms with van der Waals surface area (Å²) in [5, 5.41) is 0.478. The Bertz CT molecular complexity index is 592. The highest BCUT2D eigenvalue weighted by Crippen LogP contribution is 2.30. The number of ether oxygens (including phenoxy) is 1. The number of hydrogen-bond acceptors (Lipinski definition) is 2. The van der Waals surface area contributed by atoms with Crippen LogP contribution in [0.4, 0.5) is 4.39 Å². The molecular weight excluding hydrogens is 333 g/mol. The summed E-state index contributed by atoms with van der Waals surface area (Å²) in [7, 11) is 0. The first-order chi connectivity index (χ1) is 9.11. The molecule has 0 amide bonds. The third-order valence-electron chi connectivity index (χ3n) is 2.65. The van der Waals surface area contributed by atoms with Crippen molar-refractivity contribution in [2.45, 2.75) is 13.2 Å². The van der Waals surface area contributed by atoms with Gasteiger partial charge in [-0.05, 0) is 40.2 Å². The summed E-state index contributed by atoms with van der Waals surface area (Å²) in [6.45, 7) is 0.453. The lowest BCUT2D eigenvalue weighted by molar-refractivity contribution is 0.295. The Morgan fingerprint density at radius 1 is 1.21 bits per heavy atom. The number of benzene rings is 2. The molecule has 2 aromatic carbocycles. The second-order valence-corrected chi connectivity index (χ2v) is 5.25. The summed E-state index contributed by atoms with van der Waals surface area (Å²) in [6.07, 6.45) is 0. The highest BCUT2D eigenvalue weighted by Gasteiger charge is 2.09. The number of halogens is 3. The van der Waals surface area contributed by atoms with E-state index in [2.05, 4.69) is 15.9 Å². The molecule has 0 saturated heterocycles. The van der Waals surface area contributed by atoms with Crippen LogP contribution in [-0.4, -0.2) is 0 Å². The van der Waals surface area contributed by atoms with Crippen molar-refractivity contribution in [3.05, 3.63) is 62.8 Å². The molecule has 2 aromatic rings. The van der Waals surface area contributed by atoms with Gasteiger partial charge in [0.2, 0.25) is 0 Å². The van der Waals surface area contributed by atoms with Gasteiger partial charge in [0.05, 0.1) is 4.47 Å². The molecule has 0 saturated carbocycles. The van der Waals surface area contributed by atoms with E-state index in [1.165, 1.54) is 12.1 Å². The SMILES string of the molecule is NCc1cccc(Br)c1OCc1cc(Cl)ccc1F. The lowest BCUT2D eigenvalue weighted by atomic mass is 10.2. The van der Waals surface area contributed by atoms with Crippen LogP contribution in [0.2, 0.25) is 5.02 Å². The number of hydrogen-bond donors (Lipinski definition) is 1. The molecule has 19 heavy (non-hydrogen) atoms. The molecule has 0 heterocycles. The van der Waals surface area contributed by atoms with Gasteiger partial charge in [0.25, 0.3) is 0 Å². The number of nitrogens with two attached hydrogens (primary N) is 1. The molecule has 2 N–H and O–H groups in total. The third kappa shape index (κ3) is 3.47. The fraction of sp³-hybridized carbons (Fsp3) is 0.143. The first-order valence-electron chi connectivity index (χ1n) is 5.66. The Balaban J connectivity index is 2.21. The van der Waals surface area contributed by atoms with Crippen LogP contribution in [0.5, 0.6) is 5.75 Å². The van der Waals surface area contributed by atoms with Gasteiger partial charge in [-0.2, -0.15) is 0 Å². The van der Waals surface area contributed by atoms with Crippen LogP contribution in [0.1, 0.15) is 11.1 Å². The van der Waals surface area contributed by atoms with E-state index >= 15 is 0 Å². The smallest absolute Gasteiger partial charge is 0.138 e. The maximum Gasteiger partial charge on any atom is 0.138 e. The lowest BCUT2D eigenvalue weighted by Crippen LogP contribution is -2.04. The van der Waals surface area contributed by atoms with Gasteiger partial charge in [-0.15, -0.1) is 0 Å². The summed E-state index contributed by atoms with van der Waals surface area (Å²) in [5.41, 5.74) is 6.91. The van der Waals surface area contributed by atoms with Crippen LogP contribution in [0.15, 0.2) is 40.9 Å². The first-order valence-corrected chi connectivity index (χ1v) is 6.83. The van der Waals surface area contributed by atoms with E-state index in [-0.39, 0.29) is 12.4 Å². The van der Waals surface area contributed by atoms with E-state index in [0.717, 1.165) is 10.0 Å². The minimum atomic E-state index is -0.342. The van der Waals surface area contributed by atoms with Crippen molar-refractivity contribution >= 4 is 27.5 Å². The van der Waals surface area contributed by atoms with Gasteiger partial charge in [-0.25, -0.2) is 4.39 Å². The average Bonchev–Trinajstić information content (AvgIpc) is 2.40. The Hall–Kier alpha value is -1.10. The predicted molar refractivity (Wildman–Crippen MR) is 77.8 cm³/mol. The monoisotopic (exact) mass is 343 g/mol. The topological polar surface area (TPSA) is 35.2 Å². The zero-order chi connectivity index (χ0) is 13.8. The van der Waals surface area contributed by atoms with Gasteiger partial charge in [0.1, 0.15) is 18.2 Å². The first kappa shape index (κ1) is 14.3. The normalized spacial score (nSPS) is 10.5. The summed E-state index contributed by atoms with van der Waals surface area (Å²) in [6, 6.07) is 9.97. The Morgan fingerprint density at radius 2 is 2.00 bits per heavy atom. The van der Waals surface area contributed by atoms with Crippen LogP contribution in [0.25, 0.3) is 0 Å². The highest BCUT2D eigenvalue weighted by atomic mass is 79.9. The molecule has 0 aliphatic carbocycles. The molecule has 0 radical (unpaired) electrons. The molecule has 0 bridgehead atoms. The summed E-state index contributed by atoms with van der Waals surface area (Å²) in [5.74, 6) is 0.287. The quantitative estimate of drug-likeness (QED) is 0.898. The molecule has 2 rings (SSSR count). The van der Waals surface area contributed by atoms with Crippen LogP contribution < -0.4 is 10.5 Å². The van der Waals surface area contributed by atoms with E-state index < -0.39 is 0 Å². The fourth-order valence-electron chi connectivity index (χ4n) is 1.68. The average molecular weight is 345 g/mol. The van der Waals surface area contributed by atoms with E-state index in [1.807, 2.05) is 18.2 Å². The molecule has 0 fully saturated rings. The predicted octanol–water partition coefficient (Wildman–Crippen LogP) is 4.28. The number of rotatable bonds is 4. The maximum absolute atomic E-state index is 13.6. The van der Waals surface area contributed by atoms with Gasteiger partial charge in [0, 0.05) is 22.7 Å². The van der Waals surface area contributed by atoms with Crippen molar-refractivity contribution < 1.29 is 9.13 Å². The minimum Gasteiger partial charge on any atom is -0.487 e. The van der Waals surface area contributed by atoms with Crippen molar-refractivity contribution in [1.82, 2.24) is 0 Å². The van der Waals surface area contributed by atoms with Crippen LogP contribution in [0, 0.1) is 5.82 Å². The third-order valence-corrected chi connectivity index (χ3v) is 3.51. The Kier molecular flexibility index (Phi) is 4.80. The molecule has 0 unspecified atom stereocenters. The van der Waals surface area contributed by atoms with E-state index in [9.17, 15) is 4.39 Å². The molecule has 0 atom stereocenters. The zero-order valence-electron chi connectivity index (χ0n) is 10.00. The van der Waals surface area contributed by atoms with Gasteiger partial charge >= 0.3 is 0 Å². The molecule has 2 nitrogen and oxygen atoms in total. The minimum absolute atomic E-state index is 0.0992. The van der Waals surface area contributed by atoms with Gasteiger partial charge in [-0.3, -0.25) is 0 Å². The van der Waals surface area contributed by atoms with Crippen molar-refractivity contribution in [2.24, 2.45) is 5.73 Å². The van der Waals surface area contributed by atoms with Crippen LogP contribution in [0.3, 0.4) is 0 Å². The maximum atomic E-state index is 13.6. The van der Waals surface area contributed by atoms with Crippen molar-refractivity contribution in [3.8, 4) is 5.75 Å². The van der Waals surface area contributed by atoms with E-state index in [0.29, 0.717) is 22.9 Å². The zero-order valence-corrected chi connectivity index (χ0v) is 12.3. The Labute approximate surface area is 124 Å². The second kappa shape index (κ2) is 6.37. The fourth-order valence-corrected chi connectivity index (χ4v) is 2.40. The van der Waals surface area contributed by atoms with E-state index in [4.69, 9.17) is 22.1 Å². The summed E-state index contributed by atoms with van der Waals surface area (Å²) < 4.78 is 20.0. The van der Waals surface area contributed by atoms with Crippen LogP contribution in [-0.2, 0) is 13.2 Å². The molecule has 0 aliphatic rings. The molecule has 5 heteroatoms. The number of para-hydroxylation sites is 1. The molecule has 100 valence electrons. The van der Waals surface area contributed by atoms with Crippen molar-refractivity contribution in [2.75, 3.05) is 0 Å². The summed E-state index contributed by atoms with van der Waals surface area (Å²) in [4.78, 5) is 0. The van der Waals surface area contributed by atoms with Crippen molar-refractivity contribution in [1.29, 1.82) is 0 Å². The van der Waals surface area contributed by atoms with Gasteiger partial charge < -0.3 is 10.5 Å². The molecule has 0 spiro atoms. The lowest BCUT2D eigenvalue weighted by Gasteiger charge is -2.13. The highest BCUT2D eigenvalue weighted by molar-refractivity contribution is 9.10. The van der Waals surface area contributed by atoms with Gasteiger partial charge in [-0.1, -0.05) is 23.7 Å². The summed E-state index contributed by atoms with van der Waals surface area (Å²) >= 11 is 9.23.